The maximum absolute atomic E-state index is 12.9. The molecule has 1 aliphatic rings. The van der Waals surface area contributed by atoms with Crippen LogP contribution >= 0.6 is 0 Å². The van der Waals surface area contributed by atoms with Gasteiger partial charge in [0.25, 0.3) is 0 Å². The summed E-state index contributed by atoms with van der Waals surface area (Å²) < 4.78 is 32.2. The first-order valence-electron chi connectivity index (χ1n) is 8.15. The predicted octanol–water partition coefficient (Wildman–Crippen LogP) is 0.787. The average Bonchev–Trinajstić information content (AvgIpc) is 3.02. The molecule has 0 radical (unpaired) electrons. The van der Waals surface area contributed by atoms with Gasteiger partial charge >= 0.3 is 0 Å². The van der Waals surface area contributed by atoms with E-state index in [2.05, 4.69) is 15.5 Å². The van der Waals surface area contributed by atoms with Crippen molar-refractivity contribution in [1.82, 2.24) is 19.8 Å². The molecule has 1 aliphatic heterocycles. The number of carbonyl (C=O) groups excluding carboxylic acids is 1. The van der Waals surface area contributed by atoms with Crippen LogP contribution in [0, 0.1) is 6.92 Å². The number of aromatic nitrogens is 2. The van der Waals surface area contributed by atoms with Gasteiger partial charge in [-0.15, -0.1) is 0 Å². The van der Waals surface area contributed by atoms with Crippen molar-refractivity contribution in [3.63, 3.8) is 0 Å². The number of nitrogens with zero attached hydrogens (tertiary/aromatic N) is 2. The molecule has 2 heterocycles. The third kappa shape index (κ3) is 3.83. The minimum atomic E-state index is -3.82. The van der Waals surface area contributed by atoms with Crippen LogP contribution in [0.15, 0.2) is 23.2 Å². The lowest BCUT2D eigenvalue weighted by Crippen LogP contribution is -2.45. The average molecular weight is 366 g/mol. The molecule has 8 nitrogen and oxygen atoms in total. The number of nitrogens with one attached hydrogen (secondary N) is 2. The first-order valence-corrected chi connectivity index (χ1v) is 9.59. The topological polar surface area (TPSA) is 104 Å². The van der Waals surface area contributed by atoms with Crippen LogP contribution in [0.4, 0.5) is 0 Å². The summed E-state index contributed by atoms with van der Waals surface area (Å²) in [4.78, 5) is 12.3. The van der Waals surface area contributed by atoms with Crippen molar-refractivity contribution in [1.29, 1.82) is 0 Å². The molecule has 0 spiro atoms. The summed E-state index contributed by atoms with van der Waals surface area (Å²) >= 11 is 0. The zero-order chi connectivity index (χ0) is 18.0. The smallest absolute Gasteiger partial charge is 0.245 e. The Bertz CT molecular complexity index is 871. The van der Waals surface area contributed by atoms with Gasteiger partial charge in [-0.1, -0.05) is 0 Å². The zero-order valence-electron chi connectivity index (χ0n) is 14.3. The second-order valence-corrected chi connectivity index (χ2v) is 8.35. The number of aryl methyl sites for hydroxylation is 1. The summed E-state index contributed by atoms with van der Waals surface area (Å²) in [6.45, 7) is 2.74. The van der Waals surface area contributed by atoms with Crippen LogP contribution in [0.3, 0.4) is 0 Å². The number of benzene rings is 1. The van der Waals surface area contributed by atoms with E-state index in [0.29, 0.717) is 18.7 Å². The van der Waals surface area contributed by atoms with Gasteiger partial charge < -0.3 is 10.1 Å². The molecule has 0 saturated carbocycles. The van der Waals surface area contributed by atoms with Gasteiger partial charge in [0.2, 0.25) is 15.9 Å². The number of hydrogen-bond donors (Lipinski definition) is 2. The minimum absolute atomic E-state index is 0.0596. The fourth-order valence-corrected chi connectivity index (χ4v) is 4.33. The highest BCUT2D eigenvalue weighted by Gasteiger charge is 2.27. The van der Waals surface area contributed by atoms with Gasteiger partial charge in [0.15, 0.2) is 0 Å². The molecule has 3 rings (SSSR count). The fraction of sp³-hybridized carbons (Fsp3) is 0.500. The van der Waals surface area contributed by atoms with E-state index in [0.717, 1.165) is 28.1 Å². The van der Waals surface area contributed by atoms with Gasteiger partial charge in [0.1, 0.15) is 4.90 Å². The maximum atomic E-state index is 12.9. The molecule has 25 heavy (non-hydrogen) atoms. The number of sulfonamides is 1. The lowest BCUT2D eigenvalue weighted by molar-refractivity contribution is -0.122. The Kier molecular flexibility index (Phi) is 5.07. The van der Waals surface area contributed by atoms with Crippen molar-refractivity contribution in [2.24, 2.45) is 0 Å². The van der Waals surface area contributed by atoms with Gasteiger partial charge in [-0.3, -0.25) is 9.89 Å². The molecule has 136 valence electrons. The molecule has 1 fully saturated rings. The standard InChI is InChI=1S/C16H22N4O4S/c1-11-6-12-8-17-19-16(12)14(7-11)25(22,23)20(2)9-15(21)18-13-4-3-5-24-10-13/h6-8,13H,3-5,9-10H2,1-2H3,(H,17,19)(H,18,21)/t13-/m1/s1. The normalized spacial score (nSPS) is 18.6. The minimum Gasteiger partial charge on any atom is -0.379 e. The third-order valence-electron chi connectivity index (χ3n) is 4.24. The summed E-state index contributed by atoms with van der Waals surface area (Å²) in [7, 11) is -2.42. The number of aromatic amines is 1. The largest absolute Gasteiger partial charge is 0.379 e. The van der Waals surface area contributed by atoms with Crippen LogP contribution in [0.2, 0.25) is 0 Å². The second kappa shape index (κ2) is 7.11. The monoisotopic (exact) mass is 366 g/mol. The van der Waals surface area contributed by atoms with E-state index >= 15 is 0 Å². The van der Waals surface area contributed by atoms with E-state index in [1.165, 1.54) is 7.05 Å². The lowest BCUT2D eigenvalue weighted by Gasteiger charge is -2.24. The van der Waals surface area contributed by atoms with Crippen LogP contribution in [0.25, 0.3) is 10.9 Å². The highest BCUT2D eigenvalue weighted by atomic mass is 32.2. The van der Waals surface area contributed by atoms with E-state index in [4.69, 9.17) is 4.74 Å². The first kappa shape index (κ1) is 17.8. The molecule has 1 amide bonds. The van der Waals surface area contributed by atoms with Crippen molar-refractivity contribution in [2.45, 2.75) is 30.7 Å². The molecule has 0 aliphatic carbocycles. The van der Waals surface area contributed by atoms with Gasteiger partial charge in [-0.2, -0.15) is 9.40 Å². The molecule has 1 aromatic heterocycles. The highest BCUT2D eigenvalue weighted by molar-refractivity contribution is 7.89. The van der Waals surface area contributed by atoms with Crippen LogP contribution in [0.5, 0.6) is 0 Å². The Morgan fingerprint density at radius 1 is 1.48 bits per heavy atom. The number of likely N-dealkylation sites (N-methyl/N-ethyl adjacent to an activating group) is 1. The van der Waals surface area contributed by atoms with Crippen molar-refractivity contribution < 1.29 is 17.9 Å². The molecule has 1 saturated heterocycles. The number of ether oxygens (including phenoxy) is 1. The SMILES string of the molecule is Cc1cc(S(=O)(=O)N(C)CC(=O)N[C@@H]2CCCOC2)c2[nH]ncc2c1. The Morgan fingerprint density at radius 2 is 2.28 bits per heavy atom. The van der Waals surface area contributed by atoms with Crippen molar-refractivity contribution >= 4 is 26.8 Å². The molecule has 1 atom stereocenters. The van der Waals surface area contributed by atoms with E-state index < -0.39 is 10.0 Å². The van der Waals surface area contributed by atoms with E-state index in [-0.39, 0.29) is 23.4 Å². The Balaban J connectivity index is 1.76. The fourth-order valence-electron chi connectivity index (χ4n) is 2.95. The summed E-state index contributed by atoms with van der Waals surface area (Å²) in [5.74, 6) is -0.338. The van der Waals surface area contributed by atoms with E-state index in [1.54, 1.807) is 12.3 Å². The first-order chi connectivity index (χ1) is 11.9. The molecule has 0 unspecified atom stereocenters. The maximum Gasteiger partial charge on any atom is 0.245 e. The van der Waals surface area contributed by atoms with Gasteiger partial charge in [0, 0.05) is 19.0 Å². The molecule has 9 heteroatoms. The summed E-state index contributed by atoms with van der Waals surface area (Å²) in [5.41, 5.74) is 1.25. The summed E-state index contributed by atoms with van der Waals surface area (Å²) in [5, 5.41) is 10.2. The number of amides is 1. The zero-order valence-corrected chi connectivity index (χ0v) is 15.1. The van der Waals surface area contributed by atoms with Crippen molar-refractivity contribution in [3.8, 4) is 0 Å². The van der Waals surface area contributed by atoms with Crippen LogP contribution in [0.1, 0.15) is 18.4 Å². The Labute approximate surface area is 146 Å². The molecular formula is C16H22N4O4S. The van der Waals surface area contributed by atoms with Crippen LogP contribution < -0.4 is 5.32 Å². The molecule has 2 N–H and O–H groups in total. The summed E-state index contributed by atoms with van der Waals surface area (Å²) in [6, 6.07) is 3.38. The second-order valence-electron chi connectivity index (χ2n) is 6.34. The van der Waals surface area contributed by atoms with Crippen LogP contribution in [-0.4, -0.2) is 61.7 Å². The number of rotatable bonds is 5. The predicted molar refractivity (Wildman–Crippen MR) is 92.6 cm³/mol. The molecule has 1 aromatic carbocycles. The molecule has 0 bridgehead atoms. The number of hydrogen-bond acceptors (Lipinski definition) is 5. The quantitative estimate of drug-likeness (QED) is 0.814. The number of carbonyl (C=O) groups is 1. The highest BCUT2D eigenvalue weighted by Crippen LogP contribution is 2.25. The lowest BCUT2D eigenvalue weighted by atomic mass is 10.1. The third-order valence-corrected chi connectivity index (χ3v) is 6.06. The number of H-pyrrole nitrogens is 1. The molecular weight excluding hydrogens is 344 g/mol. The van der Waals surface area contributed by atoms with Gasteiger partial charge in [-0.25, -0.2) is 8.42 Å². The Morgan fingerprint density at radius 3 is 3.00 bits per heavy atom. The number of fused-ring (bicyclic) bond motifs is 1. The Hall–Kier alpha value is -1.97. The van der Waals surface area contributed by atoms with Crippen LogP contribution in [-0.2, 0) is 19.6 Å². The summed E-state index contributed by atoms with van der Waals surface area (Å²) in [6.07, 6.45) is 3.31. The van der Waals surface area contributed by atoms with E-state index in [1.807, 2.05) is 13.0 Å². The van der Waals surface area contributed by atoms with E-state index in [9.17, 15) is 13.2 Å². The van der Waals surface area contributed by atoms with Crippen molar-refractivity contribution in [2.75, 3.05) is 26.8 Å². The van der Waals surface area contributed by atoms with Gasteiger partial charge in [-0.05, 0) is 37.5 Å². The molecule has 2 aromatic rings. The van der Waals surface area contributed by atoms with Gasteiger partial charge in [0.05, 0.1) is 30.9 Å². The van der Waals surface area contributed by atoms with Crippen molar-refractivity contribution in [3.05, 3.63) is 23.9 Å².